The van der Waals surface area contributed by atoms with Gasteiger partial charge in [0.1, 0.15) is 0 Å². The van der Waals surface area contributed by atoms with Gasteiger partial charge in [-0.25, -0.2) is 0 Å². The Labute approximate surface area is 163 Å². The Bertz CT molecular complexity index is 1050. The molecule has 27 heavy (non-hydrogen) atoms. The number of aryl methyl sites for hydroxylation is 6. The molecule has 0 atom stereocenters. The first-order chi connectivity index (χ1) is 12.7. The standard InChI is InChI=1S/C26H28O/c1-15-10-17(3)25(12-16(15)2)26-14-19(5)24(13-20(26)6)22-8-9-23(21(7)27)18(4)11-22/h8-14H,1-7H3. The van der Waals surface area contributed by atoms with Crippen LogP contribution in [-0.2, 0) is 0 Å². The van der Waals surface area contributed by atoms with Crippen molar-refractivity contribution in [2.45, 2.75) is 48.5 Å². The molecule has 1 nitrogen and oxygen atoms in total. The van der Waals surface area contributed by atoms with Crippen molar-refractivity contribution in [1.82, 2.24) is 0 Å². The molecule has 3 rings (SSSR count). The predicted molar refractivity (Wildman–Crippen MR) is 116 cm³/mol. The molecule has 138 valence electrons. The van der Waals surface area contributed by atoms with E-state index >= 15 is 0 Å². The quantitative estimate of drug-likeness (QED) is 0.458. The maximum absolute atomic E-state index is 11.7. The highest BCUT2D eigenvalue weighted by Crippen LogP contribution is 2.35. The first-order valence-corrected chi connectivity index (χ1v) is 9.50. The summed E-state index contributed by atoms with van der Waals surface area (Å²) < 4.78 is 0. The molecule has 0 aromatic heterocycles. The van der Waals surface area contributed by atoms with Crippen LogP contribution in [0.5, 0.6) is 0 Å². The van der Waals surface area contributed by atoms with Crippen molar-refractivity contribution in [3.05, 3.63) is 81.4 Å². The largest absolute Gasteiger partial charge is 0.295 e. The zero-order valence-corrected chi connectivity index (χ0v) is 17.4. The van der Waals surface area contributed by atoms with E-state index in [1.807, 2.05) is 13.0 Å². The fourth-order valence-electron chi connectivity index (χ4n) is 3.89. The summed E-state index contributed by atoms with van der Waals surface area (Å²) in [5.41, 5.74) is 13.4. The lowest BCUT2D eigenvalue weighted by Crippen LogP contribution is -1.97. The van der Waals surface area contributed by atoms with Gasteiger partial charge in [0.05, 0.1) is 0 Å². The van der Waals surface area contributed by atoms with E-state index in [0.717, 1.165) is 11.1 Å². The van der Waals surface area contributed by atoms with Crippen LogP contribution in [0.1, 0.15) is 50.7 Å². The van der Waals surface area contributed by atoms with Gasteiger partial charge in [0.15, 0.2) is 5.78 Å². The summed E-state index contributed by atoms with van der Waals surface area (Å²) in [5.74, 6) is 0.118. The van der Waals surface area contributed by atoms with E-state index in [1.54, 1.807) is 6.92 Å². The summed E-state index contributed by atoms with van der Waals surface area (Å²) in [5, 5.41) is 0. The van der Waals surface area contributed by atoms with Gasteiger partial charge in [-0.15, -0.1) is 0 Å². The number of hydrogen-bond acceptors (Lipinski definition) is 1. The topological polar surface area (TPSA) is 17.1 Å². The first kappa shape index (κ1) is 19.1. The number of rotatable bonds is 3. The number of hydrogen-bond donors (Lipinski definition) is 0. The third kappa shape index (κ3) is 3.60. The summed E-state index contributed by atoms with van der Waals surface area (Å²) in [7, 11) is 0. The van der Waals surface area contributed by atoms with Crippen molar-refractivity contribution < 1.29 is 4.79 Å². The molecule has 0 aliphatic rings. The van der Waals surface area contributed by atoms with Crippen molar-refractivity contribution >= 4 is 5.78 Å². The van der Waals surface area contributed by atoms with Crippen LogP contribution in [-0.4, -0.2) is 5.78 Å². The Morgan fingerprint density at radius 2 is 1.04 bits per heavy atom. The molecule has 3 aromatic carbocycles. The number of ketones is 1. The van der Waals surface area contributed by atoms with Gasteiger partial charge in [-0.2, -0.15) is 0 Å². The Hall–Kier alpha value is -2.67. The van der Waals surface area contributed by atoms with E-state index in [1.165, 1.54) is 50.1 Å². The van der Waals surface area contributed by atoms with E-state index in [0.29, 0.717) is 0 Å². The van der Waals surface area contributed by atoms with Crippen molar-refractivity contribution in [3.8, 4) is 22.3 Å². The molecule has 0 amide bonds. The highest BCUT2D eigenvalue weighted by atomic mass is 16.1. The molecule has 0 aliphatic heterocycles. The van der Waals surface area contributed by atoms with Crippen molar-refractivity contribution in [1.29, 1.82) is 0 Å². The van der Waals surface area contributed by atoms with Crippen LogP contribution in [0.15, 0.2) is 42.5 Å². The highest BCUT2D eigenvalue weighted by molar-refractivity contribution is 5.96. The molecule has 3 aromatic rings. The third-order valence-corrected chi connectivity index (χ3v) is 5.62. The van der Waals surface area contributed by atoms with Crippen LogP contribution in [0.3, 0.4) is 0 Å². The third-order valence-electron chi connectivity index (χ3n) is 5.62. The van der Waals surface area contributed by atoms with E-state index in [-0.39, 0.29) is 5.78 Å². The first-order valence-electron chi connectivity index (χ1n) is 9.50. The van der Waals surface area contributed by atoms with Gasteiger partial charge in [0.2, 0.25) is 0 Å². The number of benzene rings is 3. The Morgan fingerprint density at radius 1 is 0.556 bits per heavy atom. The van der Waals surface area contributed by atoms with E-state index in [9.17, 15) is 4.79 Å². The lowest BCUT2D eigenvalue weighted by Gasteiger charge is -2.17. The van der Waals surface area contributed by atoms with Gasteiger partial charge in [-0.1, -0.05) is 42.5 Å². The van der Waals surface area contributed by atoms with Gasteiger partial charge in [0, 0.05) is 5.56 Å². The molecule has 0 aliphatic carbocycles. The molecular weight excluding hydrogens is 328 g/mol. The number of carbonyl (C=O) groups is 1. The second-order valence-electron chi connectivity index (χ2n) is 7.82. The average Bonchev–Trinajstić information content (AvgIpc) is 2.59. The Balaban J connectivity index is 2.13. The molecule has 0 fully saturated rings. The fraction of sp³-hybridized carbons (Fsp3) is 0.269. The van der Waals surface area contributed by atoms with Crippen molar-refractivity contribution in [2.24, 2.45) is 0 Å². The van der Waals surface area contributed by atoms with E-state index in [2.05, 4.69) is 71.0 Å². The minimum atomic E-state index is 0.118. The maximum atomic E-state index is 11.7. The van der Waals surface area contributed by atoms with Crippen LogP contribution in [0.4, 0.5) is 0 Å². The minimum Gasteiger partial charge on any atom is -0.295 e. The Morgan fingerprint density at radius 3 is 1.63 bits per heavy atom. The van der Waals surface area contributed by atoms with Gasteiger partial charge in [-0.3, -0.25) is 4.79 Å². The summed E-state index contributed by atoms with van der Waals surface area (Å²) in [4.78, 5) is 11.7. The van der Waals surface area contributed by atoms with Crippen LogP contribution in [0, 0.1) is 41.5 Å². The monoisotopic (exact) mass is 356 g/mol. The zero-order valence-electron chi connectivity index (χ0n) is 17.4. The molecule has 0 N–H and O–H groups in total. The van der Waals surface area contributed by atoms with Crippen LogP contribution >= 0.6 is 0 Å². The molecule has 0 saturated carbocycles. The molecule has 0 saturated heterocycles. The van der Waals surface area contributed by atoms with E-state index in [4.69, 9.17) is 0 Å². The summed E-state index contributed by atoms with van der Waals surface area (Å²) in [6.07, 6.45) is 0. The predicted octanol–water partition coefficient (Wildman–Crippen LogP) is 7.07. The molecule has 0 spiro atoms. The minimum absolute atomic E-state index is 0.118. The van der Waals surface area contributed by atoms with Crippen molar-refractivity contribution in [3.63, 3.8) is 0 Å². The van der Waals surface area contributed by atoms with Gasteiger partial charge < -0.3 is 0 Å². The molecule has 0 unspecified atom stereocenters. The van der Waals surface area contributed by atoms with Gasteiger partial charge >= 0.3 is 0 Å². The highest BCUT2D eigenvalue weighted by Gasteiger charge is 2.13. The number of carbonyl (C=O) groups excluding carboxylic acids is 1. The van der Waals surface area contributed by atoms with Crippen LogP contribution in [0.25, 0.3) is 22.3 Å². The van der Waals surface area contributed by atoms with Gasteiger partial charge in [-0.05, 0) is 104 Å². The molecular formula is C26H28O. The SMILES string of the molecule is CC(=O)c1ccc(-c2cc(C)c(-c3cc(C)c(C)cc3C)cc2C)cc1C. The lowest BCUT2D eigenvalue weighted by molar-refractivity contribution is 0.101. The second-order valence-corrected chi connectivity index (χ2v) is 7.82. The van der Waals surface area contributed by atoms with Crippen LogP contribution in [0.2, 0.25) is 0 Å². The molecule has 0 radical (unpaired) electrons. The normalized spacial score (nSPS) is 10.9. The Kier molecular flexibility index (Phi) is 5.06. The lowest BCUT2D eigenvalue weighted by atomic mass is 9.88. The summed E-state index contributed by atoms with van der Waals surface area (Å²) in [6, 6.07) is 15.3. The number of Topliss-reactive ketones (excluding diaryl/α,β-unsaturated/α-hetero) is 1. The van der Waals surface area contributed by atoms with Crippen molar-refractivity contribution in [2.75, 3.05) is 0 Å². The fourth-order valence-corrected chi connectivity index (χ4v) is 3.89. The molecule has 0 heterocycles. The average molecular weight is 357 g/mol. The smallest absolute Gasteiger partial charge is 0.160 e. The summed E-state index contributed by atoms with van der Waals surface area (Å²) in [6.45, 7) is 14.5. The zero-order chi connectivity index (χ0) is 19.9. The molecule has 0 bridgehead atoms. The van der Waals surface area contributed by atoms with Crippen LogP contribution < -0.4 is 0 Å². The van der Waals surface area contributed by atoms with Gasteiger partial charge in [0.25, 0.3) is 0 Å². The maximum Gasteiger partial charge on any atom is 0.160 e. The van der Waals surface area contributed by atoms with E-state index < -0.39 is 0 Å². The second kappa shape index (κ2) is 7.15. The summed E-state index contributed by atoms with van der Waals surface area (Å²) >= 11 is 0. The molecule has 1 heteroatoms.